The molecule has 0 bridgehead atoms. The predicted molar refractivity (Wildman–Crippen MR) is 73.6 cm³/mol. The first kappa shape index (κ1) is 13.9. The minimum Gasteiger partial charge on any atom is -0.391 e. The van der Waals surface area contributed by atoms with Crippen LogP contribution in [0.2, 0.25) is 0 Å². The van der Waals surface area contributed by atoms with Crippen molar-refractivity contribution in [2.24, 2.45) is 5.73 Å². The summed E-state index contributed by atoms with van der Waals surface area (Å²) in [5, 5.41) is 9.99. The Hall–Kier alpha value is -1.53. The average Bonchev–Trinajstić information content (AvgIpc) is 2.84. The van der Waals surface area contributed by atoms with Gasteiger partial charge in [-0.3, -0.25) is 0 Å². The van der Waals surface area contributed by atoms with Crippen molar-refractivity contribution in [3.05, 3.63) is 17.8 Å². The van der Waals surface area contributed by atoms with Crippen LogP contribution in [0.5, 0.6) is 0 Å². The summed E-state index contributed by atoms with van der Waals surface area (Å²) in [6, 6.07) is -0.571. The Morgan fingerprint density at radius 2 is 2.11 bits per heavy atom. The maximum absolute atomic E-state index is 9.99. The molecular weight excluding hydrogens is 242 g/mol. The predicted octanol–water partition coefficient (Wildman–Crippen LogP) is 1.64. The number of nitrogens with zero attached hydrogens (tertiary/aromatic N) is 3. The largest absolute Gasteiger partial charge is 0.391 e. The topological polar surface area (TPSA) is 101 Å². The Balaban J connectivity index is 2.43. The Morgan fingerprint density at radius 3 is 2.74 bits per heavy atom. The lowest BCUT2D eigenvalue weighted by Crippen LogP contribution is -2.28. The molecular formula is C13H21N5O. The van der Waals surface area contributed by atoms with Crippen LogP contribution < -0.4 is 5.73 Å². The number of hydrogen-bond donors (Lipinski definition) is 3. The molecule has 0 fully saturated rings. The van der Waals surface area contributed by atoms with E-state index in [0.29, 0.717) is 17.9 Å². The van der Waals surface area contributed by atoms with Crippen LogP contribution in [0.15, 0.2) is 6.33 Å². The van der Waals surface area contributed by atoms with Gasteiger partial charge in [-0.2, -0.15) is 0 Å². The molecule has 0 saturated heterocycles. The fourth-order valence-electron chi connectivity index (χ4n) is 2.09. The van der Waals surface area contributed by atoms with Gasteiger partial charge in [-0.1, -0.05) is 27.2 Å². The number of imidazole rings is 1. The van der Waals surface area contributed by atoms with Crippen LogP contribution in [0.3, 0.4) is 0 Å². The normalized spacial score (nSPS) is 15.1. The summed E-state index contributed by atoms with van der Waals surface area (Å²) in [6.45, 7) is 6.12. The molecule has 0 aliphatic carbocycles. The molecule has 6 nitrogen and oxygen atoms in total. The lowest BCUT2D eigenvalue weighted by Gasteiger charge is -2.18. The highest BCUT2D eigenvalue weighted by Crippen LogP contribution is 2.23. The Morgan fingerprint density at radius 1 is 1.37 bits per heavy atom. The Bertz CT molecular complexity index is 551. The van der Waals surface area contributed by atoms with Crippen molar-refractivity contribution < 1.29 is 5.11 Å². The van der Waals surface area contributed by atoms with Crippen LogP contribution >= 0.6 is 0 Å². The number of H-pyrrole nitrogens is 1. The highest BCUT2D eigenvalue weighted by molar-refractivity contribution is 5.73. The molecule has 0 spiro atoms. The van der Waals surface area contributed by atoms with Gasteiger partial charge in [0.25, 0.3) is 0 Å². The van der Waals surface area contributed by atoms with E-state index in [2.05, 4.69) is 33.8 Å². The summed E-state index contributed by atoms with van der Waals surface area (Å²) in [5.74, 6) is 0.699. The number of nitrogens with one attached hydrogen (secondary N) is 1. The molecule has 4 N–H and O–H groups in total. The fourth-order valence-corrected chi connectivity index (χ4v) is 2.09. The van der Waals surface area contributed by atoms with Crippen LogP contribution in [-0.2, 0) is 0 Å². The van der Waals surface area contributed by atoms with Crippen molar-refractivity contribution in [2.45, 2.75) is 51.7 Å². The van der Waals surface area contributed by atoms with Gasteiger partial charge in [0, 0.05) is 0 Å². The fraction of sp³-hybridized carbons (Fsp3) is 0.615. The number of nitrogens with two attached hydrogens (primary N) is 1. The molecule has 0 amide bonds. The van der Waals surface area contributed by atoms with Crippen LogP contribution in [-0.4, -0.2) is 31.1 Å². The summed E-state index contributed by atoms with van der Waals surface area (Å²) in [7, 11) is 0. The third kappa shape index (κ3) is 2.74. The first-order chi connectivity index (χ1) is 9.04. The van der Waals surface area contributed by atoms with Crippen molar-refractivity contribution in [1.82, 2.24) is 19.9 Å². The van der Waals surface area contributed by atoms with Gasteiger partial charge in [-0.05, 0) is 12.3 Å². The first-order valence-electron chi connectivity index (χ1n) is 6.69. The minimum absolute atomic E-state index is 0.236. The van der Waals surface area contributed by atoms with Gasteiger partial charge >= 0.3 is 0 Å². The Kier molecular flexibility index (Phi) is 4.11. The van der Waals surface area contributed by atoms with E-state index in [1.54, 1.807) is 6.33 Å². The van der Waals surface area contributed by atoms with Crippen molar-refractivity contribution in [2.75, 3.05) is 0 Å². The summed E-state index contributed by atoms with van der Waals surface area (Å²) in [5.41, 5.74) is 8.37. The van der Waals surface area contributed by atoms with Gasteiger partial charge in [0.1, 0.15) is 5.52 Å². The zero-order valence-electron chi connectivity index (χ0n) is 11.6. The van der Waals surface area contributed by atoms with Crippen LogP contribution in [0.4, 0.5) is 0 Å². The number of hydrogen-bond acceptors (Lipinski definition) is 5. The summed E-state index contributed by atoms with van der Waals surface area (Å²) in [4.78, 5) is 16.1. The molecule has 2 aromatic rings. The van der Waals surface area contributed by atoms with E-state index in [4.69, 9.17) is 5.73 Å². The molecule has 2 aromatic heterocycles. The van der Waals surface area contributed by atoms with Gasteiger partial charge in [0.05, 0.1) is 24.2 Å². The van der Waals surface area contributed by atoms with Gasteiger partial charge in [-0.15, -0.1) is 0 Å². The van der Waals surface area contributed by atoms with E-state index in [-0.39, 0.29) is 5.92 Å². The highest BCUT2D eigenvalue weighted by Gasteiger charge is 2.22. The highest BCUT2D eigenvalue weighted by atomic mass is 16.3. The SMILES string of the molecule is CCCC(O)C(N)c1nc(C(C)C)c2[nH]cnc2n1. The molecule has 104 valence electrons. The number of aliphatic hydroxyl groups excluding tert-OH is 1. The molecule has 19 heavy (non-hydrogen) atoms. The zero-order valence-corrected chi connectivity index (χ0v) is 11.6. The quantitative estimate of drug-likeness (QED) is 0.761. The second-order valence-electron chi connectivity index (χ2n) is 5.10. The maximum Gasteiger partial charge on any atom is 0.181 e. The van der Waals surface area contributed by atoms with E-state index in [1.165, 1.54) is 0 Å². The van der Waals surface area contributed by atoms with E-state index >= 15 is 0 Å². The smallest absolute Gasteiger partial charge is 0.181 e. The summed E-state index contributed by atoms with van der Waals surface area (Å²) in [6.07, 6.45) is 2.49. The molecule has 2 heterocycles. The molecule has 0 aliphatic rings. The van der Waals surface area contributed by atoms with Crippen molar-refractivity contribution in [3.8, 4) is 0 Å². The van der Waals surface area contributed by atoms with E-state index in [9.17, 15) is 5.11 Å². The molecule has 2 unspecified atom stereocenters. The van der Waals surface area contributed by atoms with Crippen LogP contribution in [0.25, 0.3) is 11.2 Å². The number of rotatable bonds is 5. The van der Waals surface area contributed by atoms with Gasteiger partial charge < -0.3 is 15.8 Å². The first-order valence-corrected chi connectivity index (χ1v) is 6.69. The van der Waals surface area contributed by atoms with E-state index in [1.807, 2.05) is 6.92 Å². The second-order valence-corrected chi connectivity index (χ2v) is 5.10. The summed E-state index contributed by atoms with van der Waals surface area (Å²) < 4.78 is 0. The second kappa shape index (κ2) is 5.63. The zero-order chi connectivity index (χ0) is 14.0. The third-order valence-electron chi connectivity index (χ3n) is 3.17. The Labute approximate surface area is 112 Å². The molecule has 0 aromatic carbocycles. The number of aliphatic hydroxyl groups is 1. The molecule has 0 saturated carbocycles. The van der Waals surface area contributed by atoms with Crippen LogP contribution in [0, 0.1) is 0 Å². The molecule has 6 heteroatoms. The molecule has 2 rings (SSSR count). The lowest BCUT2D eigenvalue weighted by atomic mass is 10.1. The van der Waals surface area contributed by atoms with Crippen molar-refractivity contribution in [1.29, 1.82) is 0 Å². The van der Waals surface area contributed by atoms with Gasteiger partial charge in [-0.25, -0.2) is 15.0 Å². The third-order valence-corrected chi connectivity index (χ3v) is 3.17. The average molecular weight is 263 g/mol. The van der Waals surface area contributed by atoms with Gasteiger partial charge in [0.2, 0.25) is 0 Å². The summed E-state index contributed by atoms with van der Waals surface area (Å²) >= 11 is 0. The van der Waals surface area contributed by atoms with Crippen molar-refractivity contribution in [3.63, 3.8) is 0 Å². The minimum atomic E-state index is -0.624. The van der Waals surface area contributed by atoms with Crippen LogP contribution in [0.1, 0.15) is 57.1 Å². The number of aromatic amines is 1. The van der Waals surface area contributed by atoms with Crippen molar-refractivity contribution >= 4 is 11.2 Å². The standard InChI is InChI=1S/C13H21N5O/c1-4-5-8(19)9(14)12-17-10(7(2)3)11-13(18-12)16-6-15-11/h6-9,19H,4-5,14H2,1-3H3,(H,15,16,17,18). The van der Waals surface area contributed by atoms with E-state index < -0.39 is 12.1 Å². The monoisotopic (exact) mass is 263 g/mol. The van der Waals surface area contributed by atoms with E-state index in [0.717, 1.165) is 17.6 Å². The molecule has 0 radical (unpaired) electrons. The number of aromatic nitrogens is 4. The van der Waals surface area contributed by atoms with Gasteiger partial charge in [0.15, 0.2) is 11.5 Å². The number of fused-ring (bicyclic) bond motifs is 1. The molecule has 2 atom stereocenters. The molecule has 0 aliphatic heterocycles. The maximum atomic E-state index is 9.99. The lowest BCUT2D eigenvalue weighted by molar-refractivity contribution is 0.131.